The normalized spacial score (nSPS) is 18.1. The maximum atomic E-state index is 12.5. The molecular weight excluding hydrogens is 270 g/mol. The molecule has 0 aromatic heterocycles. The van der Waals surface area contributed by atoms with E-state index in [9.17, 15) is 4.79 Å². The van der Waals surface area contributed by atoms with Crippen LogP contribution in [0.3, 0.4) is 0 Å². The van der Waals surface area contributed by atoms with Gasteiger partial charge in [0.2, 0.25) is 0 Å². The highest BCUT2D eigenvalue weighted by Gasteiger charge is 2.18. The lowest BCUT2D eigenvalue weighted by atomic mass is 9.96. The van der Waals surface area contributed by atoms with E-state index >= 15 is 0 Å². The minimum Gasteiger partial charge on any atom is -0.314 e. The summed E-state index contributed by atoms with van der Waals surface area (Å²) in [7, 11) is 0. The largest absolute Gasteiger partial charge is 0.314 e. The Bertz CT molecular complexity index is 847. The topological polar surface area (TPSA) is 29.1 Å². The van der Waals surface area contributed by atoms with Gasteiger partial charge in [-0.1, -0.05) is 48.5 Å². The van der Waals surface area contributed by atoms with Crippen LogP contribution in [0.15, 0.2) is 54.6 Å². The van der Waals surface area contributed by atoms with E-state index in [2.05, 4.69) is 53.8 Å². The Kier molecular flexibility index (Phi) is 3.39. The number of carbonyl (C=O) groups excluding carboxylic acids is 1. The van der Waals surface area contributed by atoms with Gasteiger partial charge in [0.25, 0.3) is 0 Å². The molecule has 2 heteroatoms. The zero-order valence-corrected chi connectivity index (χ0v) is 12.5. The van der Waals surface area contributed by atoms with E-state index < -0.39 is 0 Å². The third kappa shape index (κ3) is 2.40. The van der Waals surface area contributed by atoms with E-state index in [0.29, 0.717) is 12.5 Å². The molecule has 0 bridgehead atoms. The molecular formula is C20H19NO. The number of hydrogen-bond acceptors (Lipinski definition) is 2. The van der Waals surface area contributed by atoms with Crippen LogP contribution in [0.2, 0.25) is 0 Å². The van der Waals surface area contributed by atoms with Gasteiger partial charge >= 0.3 is 0 Å². The van der Waals surface area contributed by atoms with Crippen molar-refractivity contribution in [1.29, 1.82) is 0 Å². The molecule has 0 radical (unpaired) electrons. The second-order valence-corrected chi connectivity index (χ2v) is 6.14. The summed E-state index contributed by atoms with van der Waals surface area (Å²) in [6.45, 7) is 1.04. The maximum absolute atomic E-state index is 12.5. The Labute approximate surface area is 130 Å². The Hall–Kier alpha value is -2.19. The summed E-state index contributed by atoms with van der Waals surface area (Å²) in [5.74, 6) is 0.245. The fourth-order valence-corrected chi connectivity index (χ4v) is 3.45. The zero-order chi connectivity index (χ0) is 14.9. The number of nitrogens with one attached hydrogen (secondary N) is 1. The van der Waals surface area contributed by atoms with E-state index in [1.165, 1.54) is 28.0 Å². The second kappa shape index (κ2) is 5.54. The van der Waals surface area contributed by atoms with Crippen molar-refractivity contribution >= 4 is 27.3 Å². The zero-order valence-electron chi connectivity index (χ0n) is 12.5. The lowest BCUT2D eigenvalue weighted by molar-refractivity contribution is 0.0972. The maximum Gasteiger partial charge on any atom is 0.164 e. The van der Waals surface area contributed by atoms with Crippen molar-refractivity contribution in [3.63, 3.8) is 0 Å². The second-order valence-electron chi connectivity index (χ2n) is 6.14. The van der Waals surface area contributed by atoms with Crippen molar-refractivity contribution < 1.29 is 4.79 Å². The molecule has 4 rings (SSSR count). The lowest BCUT2D eigenvalue weighted by Crippen LogP contribution is -2.24. The molecule has 0 aliphatic carbocycles. The SMILES string of the molecule is O=C(CC1CCCN1)c1ccc2ccc3ccccc3c2c1. The van der Waals surface area contributed by atoms with E-state index in [4.69, 9.17) is 0 Å². The average molecular weight is 289 g/mol. The van der Waals surface area contributed by atoms with Gasteiger partial charge in [0.05, 0.1) is 0 Å². The third-order valence-electron chi connectivity index (χ3n) is 4.66. The summed E-state index contributed by atoms with van der Waals surface area (Å²) in [6.07, 6.45) is 2.90. The standard InChI is InChI=1S/C20H19NO/c22-20(13-17-5-3-11-21-17)16-10-9-15-8-7-14-4-1-2-6-18(14)19(15)12-16/h1-2,4,6-10,12,17,21H,3,5,11,13H2. The van der Waals surface area contributed by atoms with Crippen LogP contribution in [-0.4, -0.2) is 18.4 Å². The predicted molar refractivity (Wildman–Crippen MR) is 91.4 cm³/mol. The van der Waals surface area contributed by atoms with Crippen LogP contribution in [-0.2, 0) is 0 Å². The van der Waals surface area contributed by atoms with Gasteiger partial charge in [-0.05, 0) is 47.0 Å². The molecule has 3 aromatic carbocycles. The molecule has 1 unspecified atom stereocenters. The van der Waals surface area contributed by atoms with Gasteiger partial charge in [0, 0.05) is 18.0 Å². The summed E-state index contributed by atoms with van der Waals surface area (Å²) in [4.78, 5) is 12.5. The van der Waals surface area contributed by atoms with Crippen LogP contribution in [0, 0.1) is 0 Å². The van der Waals surface area contributed by atoms with Crippen LogP contribution in [0.1, 0.15) is 29.6 Å². The number of hydrogen-bond donors (Lipinski definition) is 1. The first-order valence-corrected chi connectivity index (χ1v) is 7.99. The summed E-state index contributed by atoms with van der Waals surface area (Å²) in [5, 5.41) is 8.20. The molecule has 0 amide bonds. The fourth-order valence-electron chi connectivity index (χ4n) is 3.45. The highest BCUT2D eigenvalue weighted by atomic mass is 16.1. The molecule has 110 valence electrons. The Morgan fingerprint density at radius 2 is 1.77 bits per heavy atom. The molecule has 0 spiro atoms. The van der Waals surface area contributed by atoms with Crippen molar-refractivity contribution in [1.82, 2.24) is 5.32 Å². The van der Waals surface area contributed by atoms with Crippen LogP contribution < -0.4 is 5.32 Å². The first-order valence-electron chi connectivity index (χ1n) is 7.99. The number of fused-ring (bicyclic) bond motifs is 3. The molecule has 1 heterocycles. The highest BCUT2D eigenvalue weighted by Crippen LogP contribution is 2.27. The molecule has 1 saturated heterocycles. The highest BCUT2D eigenvalue weighted by molar-refractivity contribution is 6.10. The molecule has 2 nitrogen and oxygen atoms in total. The smallest absolute Gasteiger partial charge is 0.164 e. The van der Waals surface area contributed by atoms with Crippen molar-refractivity contribution in [2.24, 2.45) is 0 Å². The molecule has 1 fully saturated rings. The number of rotatable bonds is 3. The van der Waals surface area contributed by atoms with E-state index in [1.54, 1.807) is 0 Å². The van der Waals surface area contributed by atoms with E-state index in [-0.39, 0.29) is 5.78 Å². The number of Topliss-reactive ketones (excluding diaryl/α,β-unsaturated/α-hetero) is 1. The van der Waals surface area contributed by atoms with Crippen LogP contribution in [0.25, 0.3) is 21.5 Å². The lowest BCUT2D eigenvalue weighted by Gasteiger charge is -2.10. The molecule has 1 N–H and O–H groups in total. The summed E-state index contributed by atoms with van der Waals surface area (Å²) in [6, 6.07) is 19.1. The average Bonchev–Trinajstić information content (AvgIpc) is 3.07. The molecule has 3 aromatic rings. The van der Waals surface area contributed by atoms with Crippen LogP contribution >= 0.6 is 0 Å². The minimum atomic E-state index is 0.245. The Morgan fingerprint density at radius 1 is 1.00 bits per heavy atom. The van der Waals surface area contributed by atoms with Crippen LogP contribution in [0.4, 0.5) is 0 Å². The Morgan fingerprint density at radius 3 is 2.59 bits per heavy atom. The number of benzene rings is 3. The van der Waals surface area contributed by atoms with E-state index in [1.807, 2.05) is 6.07 Å². The first kappa shape index (κ1) is 13.5. The predicted octanol–water partition coefficient (Wildman–Crippen LogP) is 4.32. The molecule has 1 aliphatic rings. The summed E-state index contributed by atoms with van der Waals surface area (Å²) < 4.78 is 0. The van der Waals surface area contributed by atoms with Crippen LogP contribution in [0.5, 0.6) is 0 Å². The van der Waals surface area contributed by atoms with Crippen molar-refractivity contribution in [3.8, 4) is 0 Å². The van der Waals surface area contributed by atoms with Crippen molar-refractivity contribution in [2.45, 2.75) is 25.3 Å². The first-order chi connectivity index (χ1) is 10.8. The molecule has 1 aliphatic heterocycles. The minimum absolute atomic E-state index is 0.245. The monoisotopic (exact) mass is 289 g/mol. The van der Waals surface area contributed by atoms with Crippen molar-refractivity contribution in [2.75, 3.05) is 6.54 Å². The van der Waals surface area contributed by atoms with Gasteiger partial charge in [-0.3, -0.25) is 4.79 Å². The van der Waals surface area contributed by atoms with Gasteiger partial charge in [-0.25, -0.2) is 0 Å². The third-order valence-corrected chi connectivity index (χ3v) is 4.66. The summed E-state index contributed by atoms with van der Waals surface area (Å²) >= 11 is 0. The van der Waals surface area contributed by atoms with Gasteiger partial charge in [-0.2, -0.15) is 0 Å². The van der Waals surface area contributed by atoms with Gasteiger partial charge in [0.1, 0.15) is 0 Å². The fraction of sp³-hybridized carbons (Fsp3) is 0.250. The molecule has 1 atom stereocenters. The molecule has 22 heavy (non-hydrogen) atoms. The number of ketones is 1. The van der Waals surface area contributed by atoms with Crippen molar-refractivity contribution in [3.05, 3.63) is 60.2 Å². The van der Waals surface area contributed by atoms with Gasteiger partial charge in [-0.15, -0.1) is 0 Å². The van der Waals surface area contributed by atoms with E-state index in [0.717, 1.165) is 18.5 Å². The van der Waals surface area contributed by atoms with Gasteiger partial charge < -0.3 is 5.32 Å². The number of carbonyl (C=O) groups is 1. The summed E-state index contributed by atoms with van der Waals surface area (Å²) in [5.41, 5.74) is 0.831. The molecule has 0 saturated carbocycles. The van der Waals surface area contributed by atoms with Gasteiger partial charge in [0.15, 0.2) is 5.78 Å². The quantitative estimate of drug-likeness (QED) is 0.575. The Balaban J connectivity index is 1.75.